The standard InChI is InChI=1S/C33H54O4/c1-7-8-13-30(34)31(35)37-27-17-14-23(2)26(22-27)16-15-25-12-10-21-33(6)28(18-19-29(25)33)24(3)11-9-20-32(4,5)36/h15-16,24,27-30,34,36H,2,7-14,17-22H2,1,3-6H3/b25-15?,26-16-/t24-,27+,28-,29?,30?,33-/m1/s1. The average molecular weight is 515 g/mol. The van der Waals surface area contributed by atoms with Crippen LogP contribution in [0.3, 0.4) is 0 Å². The number of esters is 1. The van der Waals surface area contributed by atoms with Crippen LogP contribution in [-0.2, 0) is 9.53 Å². The summed E-state index contributed by atoms with van der Waals surface area (Å²) in [5, 5.41) is 20.2. The number of fused-ring (bicyclic) bond motifs is 1. The monoisotopic (exact) mass is 514 g/mol. The molecule has 0 aromatic heterocycles. The lowest BCUT2D eigenvalue weighted by Crippen LogP contribution is -2.36. The molecule has 6 atom stereocenters. The maximum atomic E-state index is 12.3. The van der Waals surface area contributed by atoms with Crippen molar-refractivity contribution < 1.29 is 19.7 Å². The fourth-order valence-corrected chi connectivity index (χ4v) is 7.51. The van der Waals surface area contributed by atoms with Crippen LogP contribution in [0.1, 0.15) is 125 Å². The quantitative estimate of drug-likeness (QED) is 0.276. The molecule has 0 aromatic rings. The van der Waals surface area contributed by atoms with Gasteiger partial charge in [0.15, 0.2) is 6.10 Å². The molecule has 37 heavy (non-hydrogen) atoms. The normalized spacial score (nSPS) is 32.4. The number of hydrogen-bond donors (Lipinski definition) is 2. The third kappa shape index (κ3) is 8.05. The largest absolute Gasteiger partial charge is 0.460 e. The van der Waals surface area contributed by atoms with Gasteiger partial charge >= 0.3 is 5.97 Å². The lowest BCUT2D eigenvalue weighted by molar-refractivity contribution is -0.160. The van der Waals surface area contributed by atoms with Crippen molar-refractivity contribution >= 4 is 5.97 Å². The number of aliphatic hydroxyl groups is 2. The van der Waals surface area contributed by atoms with Crippen LogP contribution < -0.4 is 0 Å². The van der Waals surface area contributed by atoms with E-state index in [0.29, 0.717) is 30.1 Å². The number of carbonyl (C=O) groups is 1. The molecule has 3 aliphatic rings. The Hall–Kier alpha value is -1.39. The van der Waals surface area contributed by atoms with Crippen LogP contribution in [0.4, 0.5) is 0 Å². The molecular weight excluding hydrogens is 460 g/mol. The van der Waals surface area contributed by atoms with E-state index in [1.165, 1.54) is 44.1 Å². The summed E-state index contributed by atoms with van der Waals surface area (Å²) >= 11 is 0. The van der Waals surface area contributed by atoms with Crippen molar-refractivity contribution in [2.24, 2.45) is 23.2 Å². The summed E-state index contributed by atoms with van der Waals surface area (Å²) in [5.74, 6) is 1.62. The van der Waals surface area contributed by atoms with Crippen LogP contribution in [-0.4, -0.2) is 34.0 Å². The van der Waals surface area contributed by atoms with Gasteiger partial charge < -0.3 is 14.9 Å². The van der Waals surface area contributed by atoms with Gasteiger partial charge in [-0.15, -0.1) is 0 Å². The van der Waals surface area contributed by atoms with Gasteiger partial charge in [0.25, 0.3) is 0 Å². The average Bonchev–Trinajstić information content (AvgIpc) is 3.19. The fraction of sp³-hybridized carbons (Fsp3) is 0.788. The number of ether oxygens (including phenoxy) is 1. The summed E-state index contributed by atoms with van der Waals surface area (Å²) in [4.78, 5) is 12.3. The highest BCUT2D eigenvalue weighted by atomic mass is 16.6. The number of unbranched alkanes of at least 4 members (excludes halogenated alkanes) is 1. The molecule has 0 bridgehead atoms. The Labute approximate surface area is 226 Å². The minimum Gasteiger partial charge on any atom is -0.460 e. The number of rotatable bonds is 11. The molecular formula is C33H54O4. The van der Waals surface area contributed by atoms with Gasteiger partial charge in [0.05, 0.1) is 5.60 Å². The predicted octanol–water partition coefficient (Wildman–Crippen LogP) is 7.84. The molecule has 2 unspecified atom stereocenters. The van der Waals surface area contributed by atoms with Crippen LogP contribution >= 0.6 is 0 Å². The topological polar surface area (TPSA) is 66.8 Å². The summed E-state index contributed by atoms with van der Waals surface area (Å²) in [7, 11) is 0. The van der Waals surface area contributed by atoms with Gasteiger partial charge in [-0.25, -0.2) is 4.79 Å². The maximum absolute atomic E-state index is 12.3. The maximum Gasteiger partial charge on any atom is 0.335 e. The van der Waals surface area contributed by atoms with Crippen LogP contribution in [0.5, 0.6) is 0 Å². The molecule has 0 amide bonds. The van der Waals surface area contributed by atoms with E-state index in [1.807, 2.05) is 13.8 Å². The minimum absolute atomic E-state index is 0.170. The summed E-state index contributed by atoms with van der Waals surface area (Å²) in [6, 6.07) is 0. The van der Waals surface area contributed by atoms with Crippen molar-refractivity contribution in [2.45, 2.75) is 142 Å². The van der Waals surface area contributed by atoms with Gasteiger partial charge in [-0.2, -0.15) is 0 Å². The second-order valence-electron chi connectivity index (χ2n) is 13.3. The zero-order valence-corrected chi connectivity index (χ0v) is 24.4. The van der Waals surface area contributed by atoms with Gasteiger partial charge in [-0.3, -0.25) is 0 Å². The third-order valence-electron chi connectivity index (χ3n) is 9.73. The van der Waals surface area contributed by atoms with Gasteiger partial charge in [-0.1, -0.05) is 76.3 Å². The molecule has 0 aromatic carbocycles. The Balaban J connectivity index is 1.64. The molecule has 3 saturated carbocycles. The molecule has 4 heteroatoms. The van der Waals surface area contributed by atoms with E-state index in [4.69, 9.17) is 4.74 Å². The highest BCUT2D eigenvalue weighted by Crippen LogP contribution is 2.60. The summed E-state index contributed by atoms with van der Waals surface area (Å²) in [6.07, 6.45) is 17.6. The zero-order valence-electron chi connectivity index (χ0n) is 24.4. The van der Waals surface area contributed by atoms with E-state index >= 15 is 0 Å². The van der Waals surface area contributed by atoms with E-state index in [-0.39, 0.29) is 6.10 Å². The lowest BCUT2D eigenvalue weighted by atomic mass is 9.60. The van der Waals surface area contributed by atoms with Crippen molar-refractivity contribution in [1.82, 2.24) is 0 Å². The molecule has 2 N–H and O–H groups in total. The lowest BCUT2D eigenvalue weighted by Gasteiger charge is -2.44. The SMILES string of the molecule is C=C1CC[C@H](OC(=O)C(O)CCCC)C/C1=C/C=C1CCC[C@@]2(C)C1CC[C@@H]2[C@H](C)CCCC(C)(C)O. The Bertz CT molecular complexity index is 847. The van der Waals surface area contributed by atoms with Gasteiger partial charge in [0, 0.05) is 6.42 Å². The zero-order chi connectivity index (χ0) is 27.2. The van der Waals surface area contributed by atoms with E-state index in [2.05, 4.69) is 39.5 Å². The van der Waals surface area contributed by atoms with Crippen LogP contribution in [0.2, 0.25) is 0 Å². The van der Waals surface area contributed by atoms with E-state index in [9.17, 15) is 15.0 Å². The van der Waals surface area contributed by atoms with Crippen molar-refractivity contribution in [3.63, 3.8) is 0 Å². The number of hydrogen-bond acceptors (Lipinski definition) is 4. The van der Waals surface area contributed by atoms with E-state index < -0.39 is 17.7 Å². The Morgan fingerprint density at radius 3 is 2.65 bits per heavy atom. The first-order valence-electron chi connectivity index (χ1n) is 15.1. The first-order valence-corrected chi connectivity index (χ1v) is 15.1. The molecule has 3 rings (SSSR count). The smallest absolute Gasteiger partial charge is 0.335 e. The van der Waals surface area contributed by atoms with Crippen LogP contribution in [0.25, 0.3) is 0 Å². The van der Waals surface area contributed by atoms with Gasteiger partial charge in [0.2, 0.25) is 0 Å². The van der Waals surface area contributed by atoms with Crippen LogP contribution in [0, 0.1) is 23.2 Å². The minimum atomic E-state index is -1.01. The summed E-state index contributed by atoms with van der Waals surface area (Å²) < 4.78 is 5.69. The number of allylic oxidation sites excluding steroid dienone is 4. The van der Waals surface area contributed by atoms with Crippen molar-refractivity contribution in [3.8, 4) is 0 Å². The van der Waals surface area contributed by atoms with Crippen LogP contribution in [0.15, 0.2) is 35.5 Å². The van der Waals surface area contributed by atoms with Crippen molar-refractivity contribution in [3.05, 3.63) is 35.5 Å². The molecule has 0 saturated heterocycles. The highest BCUT2D eigenvalue weighted by molar-refractivity contribution is 5.74. The summed E-state index contributed by atoms with van der Waals surface area (Å²) in [6.45, 7) is 15.2. The first kappa shape index (κ1) is 30.2. The molecule has 3 aliphatic carbocycles. The predicted molar refractivity (Wildman–Crippen MR) is 152 cm³/mol. The molecule has 210 valence electrons. The molecule has 3 fully saturated rings. The third-order valence-corrected chi connectivity index (χ3v) is 9.73. The molecule has 4 nitrogen and oxygen atoms in total. The van der Waals surface area contributed by atoms with Crippen molar-refractivity contribution in [1.29, 1.82) is 0 Å². The Morgan fingerprint density at radius 2 is 1.95 bits per heavy atom. The molecule has 0 heterocycles. The number of carbonyl (C=O) groups excluding carboxylic acids is 1. The summed E-state index contributed by atoms with van der Waals surface area (Å²) in [5.41, 5.74) is 3.74. The van der Waals surface area contributed by atoms with E-state index in [0.717, 1.165) is 50.0 Å². The van der Waals surface area contributed by atoms with Gasteiger partial charge in [-0.05, 0) is 100 Å². The Kier molecular flexibility index (Phi) is 10.7. The molecule has 0 radical (unpaired) electrons. The Morgan fingerprint density at radius 1 is 1.19 bits per heavy atom. The first-order chi connectivity index (χ1) is 17.4. The van der Waals surface area contributed by atoms with Gasteiger partial charge in [0.1, 0.15) is 6.10 Å². The molecule has 0 aliphatic heterocycles. The number of aliphatic hydroxyl groups excluding tert-OH is 1. The second-order valence-corrected chi connectivity index (χ2v) is 13.3. The highest BCUT2D eigenvalue weighted by Gasteiger charge is 2.50. The second kappa shape index (κ2) is 13.1. The van der Waals surface area contributed by atoms with Crippen molar-refractivity contribution in [2.75, 3.05) is 0 Å². The van der Waals surface area contributed by atoms with E-state index in [1.54, 1.807) is 5.57 Å². The molecule has 0 spiro atoms. The fourth-order valence-electron chi connectivity index (χ4n) is 7.51.